The van der Waals surface area contributed by atoms with E-state index in [4.69, 9.17) is 28.7 Å². The summed E-state index contributed by atoms with van der Waals surface area (Å²) >= 11 is 9.45. The van der Waals surface area contributed by atoms with Gasteiger partial charge in [0, 0.05) is 16.0 Å². The van der Waals surface area contributed by atoms with Crippen LogP contribution in [0.25, 0.3) is 11.3 Å². The number of benzene rings is 1. The highest BCUT2D eigenvalue weighted by molar-refractivity contribution is 9.10. The first-order valence-electron chi connectivity index (χ1n) is 6.36. The Morgan fingerprint density at radius 2 is 2.25 bits per heavy atom. The lowest BCUT2D eigenvalue weighted by Gasteiger charge is -2.05. The quantitative estimate of drug-likeness (QED) is 0.848. The van der Waals surface area contributed by atoms with Crippen LogP contribution in [0.5, 0.6) is 0 Å². The van der Waals surface area contributed by atoms with Gasteiger partial charge in [0.15, 0.2) is 0 Å². The minimum Gasteiger partial charge on any atom is -0.383 e. The first kappa shape index (κ1) is 13.5. The molecule has 0 unspecified atom stereocenters. The molecule has 3 rings (SSSR count). The molecule has 20 heavy (non-hydrogen) atoms. The van der Waals surface area contributed by atoms with E-state index in [9.17, 15) is 0 Å². The van der Waals surface area contributed by atoms with Crippen molar-refractivity contribution in [3.05, 3.63) is 33.5 Å². The highest BCUT2D eigenvalue weighted by Crippen LogP contribution is 2.42. The smallest absolute Gasteiger partial charge is 0.132 e. The molecule has 102 valence electrons. The fourth-order valence-electron chi connectivity index (χ4n) is 2.25. The van der Waals surface area contributed by atoms with Gasteiger partial charge in [-0.25, -0.2) is 4.98 Å². The van der Waals surface area contributed by atoms with Crippen molar-refractivity contribution in [1.29, 1.82) is 0 Å². The van der Waals surface area contributed by atoms with Crippen molar-refractivity contribution in [3.63, 3.8) is 0 Å². The van der Waals surface area contributed by atoms with Crippen LogP contribution in [-0.2, 0) is 6.54 Å². The molecule has 0 atom stereocenters. The monoisotopic (exact) mass is 349 g/mol. The average molecular weight is 351 g/mol. The Morgan fingerprint density at radius 3 is 2.85 bits per heavy atom. The molecule has 1 aromatic heterocycles. The van der Waals surface area contributed by atoms with Gasteiger partial charge in [0.1, 0.15) is 17.3 Å². The number of nitrogens with zero attached hydrogens (tertiary/aromatic N) is 2. The minimum absolute atomic E-state index is 0.458. The maximum absolute atomic E-state index is 6.23. The van der Waals surface area contributed by atoms with Crippen LogP contribution < -0.4 is 5.73 Å². The standard InChI is InChI=1S/C15H13BrClN3/c1-2-7-20-14(18)13(19-15(20)9-3-4-9)10-5-6-12(17)11(16)8-10/h1,5-6,8-9H,3-4,7,18H2. The molecule has 1 fully saturated rings. The van der Waals surface area contributed by atoms with Gasteiger partial charge in [-0.15, -0.1) is 6.42 Å². The molecule has 2 N–H and O–H groups in total. The molecule has 0 bridgehead atoms. The zero-order valence-electron chi connectivity index (χ0n) is 10.7. The number of hydrogen-bond acceptors (Lipinski definition) is 2. The van der Waals surface area contributed by atoms with Crippen molar-refractivity contribution in [2.45, 2.75) is 25.3 Å². The number of nitrogen functional groups attached to an aromatic ring is 1. The number of anilines is 1. The lowest BCUT2D eigenvalue weighted by molar-refractivity contribution is 0.762. The van der Waals surface area contributed by atoms with Crippen LogP contribution in [0.4, 0.5) is 5.82 Å². The van der Waals surface area contributed by atoms with E-state index in [0.29, 0.717) is 23.3 Å². The summed E-state index contributed by atoms with van der Waals surface area (Å²) in [5, 5.41) is 0.665. The second-order valence-corrected chi connectivity index (χ2v) is 6.16. The van der Waals surface area contributed by atoms with Gasteiger partial charge in [0.25, 0.3) is 0 Å². The summed E-state index contributed by atoms with van der Waals surface area (Å²) < 4.78 is 2.77. The van der Waals surface area contributed by atoms with Crippen molar-refractivity contribution >= 4 is 33.3 Å². The topological polar surface area (TPSA) is 43.8 Å². The van der Waals surface area contributed by atoms with Crippen molar-refractivity contribution in [2.24, 2.45) is 0 Å². The normalized spacial score (nSPS) is 14.2. The molecule has 0 radical (unpaired) electrons. The molecular weight excluding hydrogens is 338 g/mol. The highest BCUT2D eigenvalue weighted by Gasteiger charge is 2.30. The van der Waals surface area contributed by atoms with Gasteiger partial charge < -0.3 is 10.3 Å². The molecule has 1 heterocycles. The molecule has 5 heteroatoms. The second-order valence-electron chi connectivity index (χ2n) is 4.90. The first-order chi connectivity index (χ1) is 9.61. The van der Waals surface area contributed by atoms with E-state index in [1.54, 1.807) is 0 Å². The van der Waals surface area contributed by atoms with Crippen molar-refractivity contribution < 1.29 is 0 Å². The lowest BCUT2D eigenvalue weighted by Crippen LogP contribution is -2.05. The maximum atomic E-state index is 6.23. The molecule has 3 nitrogen and oxygen atoms in total. The number of nitrogens with two attached hydrogens (primary N) is 1. The van der Waals surface area contributed by atoms with Crippen LogP contribution in [-0.4, -0.2) is 9.55 Å². The number of imidazole rings is 1. The maximum Gasteiger partial charge on any atom is 0.132 e. The lowest BCUT2D eigenvalue weighted by atomic mass is 10.1. The third-order valence-corrected chi connectivity index (χ3v) is 4.64. The van der Waals surface area contributed by atoms with Gasteiger partial charge in [-0.3, -0.25) is 0 Å². The van der Waals surface area contributed by atoms with E-state index >= 15 is 0 Å². The molecule has 0 aliphatic heterocycles. The van der Waals surface area contributed by atoms with E-state index in [1.165, 1.54) is 0 Å². The summed E-state index contributed by atoms with van der Waals surface area (Å²) in [4.78, 5) is 4.71. The van der Waals surface area contributed by atoms with Crippen LogP contribution in [0, 0.1) is 12.3 Å². The SMILES string of the molecule is C#CCn1c(C2CC2)nc(-c2ccc(Cl)c(Br)c2)c1N. The Hall–Kier alpha value is -1.44. The van der Waals surface area contributed by atoms with Crippen LogP contribution >= 0.6 is 27.5 Å². The largest absolute Gasteiger partial charge is 0.383 e. The Morgan fingerprint density at radius 1 is 1.50 bits per heavy atom. The van der Waals surface area contributed by atoms with Crippen LogP contribution in [0.2, 0.25) is 5.02 Å². The molecule has 1 aliphatic carbocycles. The van der Waals surface area contributed by atoms with Crippen LogP contribution in [0.3, 0.4) is 0 Å². The fourth-order valence-corrected chi connectivity index (χ4v) is 2.75. The predicted octanol–water partition coefficient (Wildman–Crippen LogP) is 4.06. The number of hydrogen-bond donors (Lipinski definition) is 1. The Labute approximate surface area is 131 Å². The third-order valence-electron chi connectivity index (χ3n) is 3.42. The van der Waals surface area contributed by atoms with Gasteiger partial charge in [-0.05, 0) is 40.9 Å². The van der Waals surface area contributed by atoms with Gasteiger partial charge in [0.2, 0.25) is 0 Å². The fraction of sp³-hybridized carbons (Fsp3) is 0.267. The molecule has 1 saturated carbocycles. The van der Waals surface area contributed by atoms with Gasteiger partial charge >= 0.3 is 0 Å². The number of aromatic nitrogens is 2. The molecule has 0 spiro atoms. The zero-order valence-corrected chi connectivity index (χ0v) is 13.1. The summed E-state index contributed by atoms with van der Waals surface area (Å²) in [7, 11) is 0. The second kappa shape index (κ2) is 5.16. The molecule has 0 saturated heterocycles. The summed E-state index contributed by atoms with van der Waals surface area (Å²) in [5.41, 5.74) is 7.95. The van der Waals surface area contributed by atoms with E-state index in [0.717, 1.165) is 34.4 Å². The first-order valence-corrected chi connectivity index (χ1v) is 7.53. The molecule has 1 aromatic carbocycles. The predicted molar refractivity (Wildman–Crippen MR) is 85.6 cm³/mol. The summed E-state index contributed by atoms with van der Waals surface area (Å²) in [6, 6.07) is 5.68. The van der Waals surface area contributed by atoms with Crippen molar-refractivity contribution in [1.82, 2.24) is 9.55 Å². The summed E-state index contributed by atoms with van der Waals surface area (Å²) in [6.07, 6.45) is 7.75. The Balaban J connectivity index is 2.11. The molecule has 2 aromatic rings. The van der Waals surface area contributed by atoms with E-state index < -0.39 is 0 Å². The van der Waals surface area contributed by atoms with Crippen LogP contribution in [0.15, 0.2) is 22.7 Å². The molecule has 0 amide bonds. The molecular formula is C15H13BrClN3. The van der Waals surface area contributed by atoms with Crippen LogP contribution in [0.1, 0.15) is 24.6 Å². The Bertz CT molecular complexity index is 711. The van der Waals surface area contributed by atoms with Gasteiger partial charge in [-0.1, -0.05) is 23.6 Å². The number of rotatable bonds is 3. The summed E-state index contributed by atoms with van der Waals surface area (Å²) in [6.45, 7) is 0.458. The minimum atomic E-state index is 0.458. The highest BCUT2D eigenvalue weighted by atomic mass is 79.9. The van der Waals surface area contributed by atoms with E-state index in [1.807, 2.05) is 22.8 Å². The van der Waals surface area contributed by atoms with Gasteiger partial charge in [0.05, 0.1) is 11.6 Å². The van der Waals surface area contributed by atoms with E-state index in [-0.39, 0.29) is 0 Å². The number of halogens is 2. The average Bonchev–Trinajstić information content (AvgIpc) is 3.21. The third kappa shape index (κ3) is 2.32. The van der Waals surface area contributed by atoms with Crippen molar-refractivity contribution in [2.75, 3.05) is 5.73 Å². The zero-order chi connectivity index (χ0) is 14.3. The van der Waals surface area contributed by atoms with Crippen molar-refractivity contribution in [3.8, 4) is 23.6 Å². The Kier molecular flexibility index (Phi) is 3.49. The number of terminal acetylenes is 1. The van der Waals surface area contributed by atoms with E-state index in [2.05, 4.69) is 21.9 Å². The molecule has 1 aliphatic rings. The van der Waals surface area contributed by atoms with Gasteiger partial charge in [-0.2, -0.15) is 0 Å². The summed E-state index contributed by atoms with van der Waals surface area (Å²) in [5.74, 6) is 4.77.